The summed E-state index contributed by atoms with van der Waals surface area (Å²) >= 11 is 1.18. The molecule has 5 nitrogen and oxygen atoms in total. The molecule has 3 rings (SSSR count). The molecule has 0 aromatic heterocycles. The highest BCUT2D eigenvalue weighted by Gasteiger charge is 2.27. The topological polar surface area (TPSA) is 88.5 Å². The lowest BCUT2D eigenvalue weighted by Crippen LogP contribution is -2.12. The summed E-state index contributed by atoms with van der Waals surface area (Å²) in [6, 6.07) is 19.7. The van der Waals surface area contributed by atoms with Gasteiger partial charge in [0, 0.05) is 26.9 Å². The number of hydrogen-bond donors (Lipinski definition) is 1. The summed E-state index contributed by atoms with van der Waals surface area (Å²) < 4.78 is 24.4. The van der Waals surface area contributed by atoms with Gasteiger partial charge in [-0.05, 0) is 17.7 Å². The van der Waals surface area contributed by atoms with Crippen LogP contribution < -0.4 is 0 Å². The molecule has 0 radical (unpaired) electrons. The Bertz CT molecular complexity index is 1160. The number of carboxylic acids is 1. The van der Waals surface area contributed by atoms with Gasteiger partial charge in [0.25, 0.3) is 9.05 Å². The third kappa shape index (κ3) is 5.06. The van der Waals surface area contributed by atoms with Crippen LogP contribution in [-0.4, -0.2) is 25.3 Å². The number of benzene rings is 3. The van der Waals surface area contributed by atoms with Gasteiger partial charge in [0.05, 0.1) is 16.0 Å². The number of ketones is 1. The summed E-state index contributed by atoms with van der Waals surface area (Å²) in [4.78, 5) is 24.4. The number of carboxylic acid groups (broad SMARTS) is 1. The lowest BCUT2D eigenvalue weighted by atomic mass is 10.0. The molecule has 0 spiro atoms. The minimum atomic E-state index is -4.37. The highest BCUT2D eigenvalue weighted by Crippen LogP contribution is 2.35. The van der Waals surface area contributed by atoms with Crippen molar-refractivity contribution in [3.8, 4) is 0 Å². The largest absolute Gasteiger partial charge is 0.478 e. The minimum Gasteiger partial charge on any atom is -0.478 e. The molecule has 29 heavy (non-hydrogen) atoms. The van der Waals surface area contributed by atoms with Gasteiger partial charge in [-0.2, -0.15) is 0 Å². The van der Waals surface area contributed by atoms with Gasteiger partial charge in [-0.3, -0.25) is 4.79 Å². The van der Waals surface area contributed by atoms with Crippen molar-refractivity contribution in [2.75, 3.05) is 0 Å². The molecule has 0 saturated heterocycles. The summed E-state index contributed by atoms with van der Waals surface area (Å²) in [5.41, 5.74) is 0.826. The zero-order valence-corrected chi connectivity index (χ0v) is 17.3. The first-order valence-electron chi connectivity index (χ1n) is 8.40. The Balaban J connectivity index is 2.18. The first-order chi connectivity index (χ1) is 13.8. The quantitative estimate of drug-likeness (QED) is 0.317. The van der Waals surface area contributed by atoms with Crippen LogP contribution in [-0.2, 0) is 14.8 Å². The molecule has 1 N–H and O–H groups in total. The van der Waals surface area contributed by atoms with E-state index in [9.17, 15) is 23.1 Å². The van der Waals surface area contributed by atoms with Gasteiger partial charge in [0.1, 0.15) is 0 Å². The van der Waals surface area contributed by atoms with Crippen molar-refractivity contribution in [2.24, 2.45) is 0 Å². The van der Waals surface area contributed by atoms with Crippen molar-refractivity contribution < 1.29 is 23.1 Å². The lowest BCUT2D eigenvalue weighted by Gasteiger charge is -2.14. The van der Waals surface area contributed by atoms with Crippen molar-refractivity contribution in [3.63, 3.8) is 0 Å². The van der Waals surface area contributed by atoms with Crippen molar-refractivity contribution in [2.45, 2.75) is 15.5 Å². The highest BCUT2D eigenvalue weighted by atomic mass is 35.7. The molecular formula is C21H15ClO5S2. The van der Waals surface area contributed by atoms with Crippen molar-refractivity contribution in [1.29, 1.82) is 0 Å². The Labute approximate surface area is 176 Å². The van der Waals surface area contributed by atoms with E-state index in [1.165, 1.54) is 17.8 Å². The minimum absolute atomic E-state index is 0.128. The smallest absolute Gasteiger partial charge is 0.335 e. The number of carbonyl (C=O) groups excluding carboxylic acids is 1. The Morgan fingerprint density at radius 3 is 2.03 bits per heavy atom. The third-order valence-corrected chi connectivity index (χ3v) is 6.53. The zero-order valence-electron chi connectivity index (χ0n) is 14.9. The van der Waals surface area contributed by atoms with Crippen LogP contribution in [0.15, 0.2) is 82.6 Å². The molecule has 3 aromatic rings. The SMILES string of the molecule is O=C(O)c1cc(SCc2ccccc2)c(C(=O)c2ccccc2)c(S(=O)(=O)Cl)c1. The predicted molar refractivity (Wildman–Crippen MR) is 112 cm³/mol. The summed E-state index contributed by atoms with van der Waals surface area (Å²) in [6.45, 7) is 0. The van der Waals surface area contributed by atoms with Crippen LogP contribution in [0.2, 0.25) is 0 Å². The highest BCUT2D eigenvalue weighted by molar-refractivity contribution is 8.13. The van der Waals surface area contributed by atoms with Crippen LogP contribution >= 0.6 is 22.4 Å². The van der Waals surface area contributed by atoms with Crippen molar-refractivity contribution in [1.82, 2.24) is 0 Å². The van der Waals surface area contributed by atoms with E-state index < -0.39 is 25.7 Å². The maximum atomic E-state index is 13.1. The third-order valence-electron chi connectivity index (χ3n) is 4.08. The Morgan fingerprint density at radius 1 is 0.897 bits per heavy atom. The molecule has 0 atom stereocenters. The van der Waals surface area contributed by atoms with Crippen LogP contribution in [0.25, 0.3) is 0 Å². The van der Waals surface area contributed by atoms with Crippen LogP contribution in [0, 0.1) is 0 Å². The van der Waals surface area contributed by atoms with Gasteiger partial charge in [-0.1, -0.05) is 60.7 Å². The summed E-state index contributed by atoms with van der Waals surface area (Å²) in [6.07, 6.45) is 0. The molecule has 0 bridgehead atoms. The van der Waals surface area contributed by atoms with Crippen LogP contribution in [0.1, 0.15) is 31.8 Å². The van der Waals surface area contributed by atoms with Crippen molar-refractivity contribution >= 4 is 43.2 Å². The van der Waals surface area contributed by atoms with E-state index in [-0.39, 0.29) is 21.6 Å². The molecule has 0 heterocycles. The first-order valence-corrected chi connectivity index (χ1v) is 11.7. The van der Waals surface area contributed by atoms with Gasteiger partial charge >= 0.3 is 5.97 Å². The van der Waals surface area contributed by atoms with Gasteiger partial charge in [-0.15, -0.1) is 11.8 Å². The second kappa shape index (κ2) is 8.82. The predicted octanol–water partition coefficient (Wildman–Crippen LogP) is 4.84. The number of hydrogen-bond acceptors (Lipinski definition) is 5. The van der Waals surface area contributed by atoms with E-state index >= 15 is 0 Å². The molecule has 148 valence electrons. The maximum absolute atomic E-state index is 13.1. The Kier molecular flexibility index (Phi) is 6.42. The molecule has 0 amide bonds. The number of aromatic carboxylic acids is 1. The van der Waals surface area contributed by atoms with Crippen molar-refractivity contribution in [3.05, 3.63) is 95.1 Å². The first kappa shape index (κ1) is 21.1. The maximum Gasteiger partial charge on any atom is 0.335 e. The fourth-order valence-corrected chi connectivity index (χ4v) is 4.93. The van der Waals surface area contributed by atoms with Gasteiger partial charge in [0.15, 0.2) is 5.78 Å². The van der Waals surface area contributed by atoms with E-state index in [1.807, 2.05) is 30.3 Å². The second-order valence-electron chi connectivity index (χ2n) is 6.06. The lowest BCUT2D eigenvalue weighted by molar-refractivity contribution is 0.0695. The van der Waals surface area contributed by atoms with E-state index in [1.54, 1.807) is 30.3 Å². The Hall–Kier alpha value is -2.61. The molecule has 0 aliphatic rings. The van der Waals surface area contributed by atoms with E-state index in [0.29, 0.717) is 5.75 Å². The molecule has 0 unspecified atom stereocenters. The molecule has 3 aromatic carbocycles. The molecule has 8 heteroatoms. The number of rotatable bonds is 7. The van der Waals surface area contributed by atoms with Crippen LogP contribution in [0.4, 0.5) is 0 Å². The molecule has 0 aliphatic heterocycles. The standard InChI is InChI=1S/C21H15ClO5S2/c22-29(26,27)18-12-16(21(24)25)11-17(28-13-14-7-3-1-4-8-14)19(18)20(23)15-9-5-2-6-10-15/h1-12H,13H2,(H,24,25). The monoisotopic (exact) mass is 446 g/mol. The number of halogens is 1. The van der Waals surface area contributed by atoms with E-state index in [2.05, 4.69) is 0 Å². The van der Waals surface area contributed by atoms with Crippen LogP contribution in [0.5, 0.6) is 0 Å². The normalized spacial score (nSPS) is 11.2. The molecular weight excluding hydrogens is 432 g/mol. The van der Waals surface area contributed by atoms with E-state index in [4.69, 9.17) is 10.7 Å². The average molecular weight is 447 g/mol. The van der Waals surface area contributed by atoms with Gasteiger partial charge < -0.3 is 5.11 Å². The summed E-state index contributed by atoms with van der Waals surface area (Å²) in [7, 11) is 1.21. The van der Waals surface area contributed by atoms with E-state index in [0.717, 1.165) is 11.6 Å². The van der Waals surface area contributed by atoms with Gasteiger partial charge in [-0.25, -0.2) is 13.2 Å². The average Bonchev–Trinajstić information content (AvgIpc) is 2.71. The molecule has 0 saturated carbocycles. The number of carbonyl (C=O) groups is 2. The molecule has 0 aliphatic carbocycles. The zero-order chi connectivity index (χ0) is 21.0. The number of thioether (sulfide) groups is 1. The van der Waals surface area contributed by atoms with Gasteiger partial charge in [0.2, 0.25) is 0 Å². The van der Waals surface area contributed by atoms with Crippen LogP contribution in [0.3, 0.4) is 0 Å². The molecule has 0 fully saturated rings. The Morgan fingerprint density at radius 2 is 1.48 bits per heavy atom. The second-order valence-corrected chi connectivity index (χ2v) is 9.61. The fourth-order valence-electron chi connectivity index (χ4n) is 2.71. The summed E-state index contributed by atoms with van der Waals surface area (Å²) in [5, 5.41) is 9.40. The fraction of sp³-hybridized carbons (Fsp3) is 0.0476. The summed E-state index contributed by atoms with van der Waals surface area (Å²) in [5.74, 6) is -1.44.